The van der Waals surface area contributed by atoms with Gasteiger partial charge in [0.05, 0.1) is 18.5 Å². The SMILES string of the molecule is CCc1cccc(C)c1CC(=O)[C@H](CCc1ccccc1)NC(=O)[C@@H](N)CC(=O)N(CCN)CCN. The molecule has 2 aromatic rings. The van der Waals surface area contributed by atoms with Crippen LogP contribution in [0.5, 0.6) is 0 Å². The Hall–Kier alpha value is -3.07. The zero-order valence-corrected chi connectivity index (χ0v) is 21.5. The molecule has 0 aliphatic carbocycles. The van der Waals surface area contributed by atoms with Gasteiger partial charge in [-0.2, -0.15) is 0 Å². The van der Waals surface area contributed by atoms with Crippen LogP contribution in [0.25, 0.3) is 0 Å². The van der Waals surface area contributed by atoms with E-state index < -0.39 is 18.0 Å². The van der Waals surface area contributed by atoms with Crippen molar-refractivity contribution in [3.63, 3.8) is 0 Å². The van der Waals surface area contributed by atoms with Gasteiger partial charge in [0.25, 0.3) is 0 Å². The Bertz CT molecular complexity index is 990. The number of rotatable bonds is 15. The fraction of sp³-hybridized carbons (Fsp3) is 0.464. The summed E-state index contributed by atoms with van der Waals surface area (Å²) in [6, 6.07) is 14.0. The second kappa shape index (κ2) is 15.1. The van der Waals surface area contributed by atoms with Gasteiger partial charge in [0.1, 0.15) is 0 Å². The van der Waals surface area contributed by atoms with Crippen molar-refractivity contribution >= 4 is 17.6 Å². The highest BCUT2D eigenvalue weighted by atomic mass is 16.2. The molecule has 0 saturated heterocycles. The number of carbonyl (C=O) groups is 3. The number of nitrogens with two attached hydrogens (primary N) is 3. The van der Waals surface area contributed by atoms with Crippen molar-refractivity contribution in [2.75, 3.05) is 26.2 Å². The quantitative estimate of drug-likeness (QED) is 0.293. The maximum Gasteiger partial charge on any atom is 0.238 e. The summed E-state index contributed by atoms with van der Waals surface area (Å²) in [7, 11) is 0. The van der Waals surface area contributed by atoms with Crippen LogP contribution in [0.4, 0.5) is 0 Å². The molecule has 8 nitrogen and oxygen atoms in total. The van der Waals surface area contributed by atoms with Gasteiger partial charge in [0.2, 0.25) is 11.8 Å². The lowest BCUT2D eigenvalue weighted by molar-refractivity contribution is -0.134. The average molecular weight is 496 g/mol. The second-order valence-corrected chi connectivity index (χ2v) is 9.06. The highest BCUT2D eigenvalue weighted by Gasteiger charge is 2.27. The first kappa shape index (κ1) is 29.2. The second-order valence-electron chi connectivity index (χ2n) is 9.06. The lowest BCUT2D eigenvalue weighted by atomic mass is 9.92. The molecule has 2 aromatic carbocycles. The van der Waals surface area contributed by atoms with Crippen LogP contribution in [0, 0.1) is 6.92 Å². The predicted octanol–water partition coefficient (Wildman–Crippen LogP) is 1.25. The van der Waals surface area contributed by atoms with E-state index >= 15 is 0 Å². The number of aryl methyl sites for hydroxylation is 3. The number of amides is 2. The first-order valence-electron chi connectivity index (χ1n) is 12.7. The van der Waals surface area contributed by atoms with Crippen LogP contribution in [0.2, 0.25) is 0 Å². The number of Topliss-reactive ketones (excluding diaryl/α,β-unsaturated/α-hetero) is 1. The van der Waals surface area contributed by atoms with Gasteiger partial charge in [-0.1, -0.05) is 55.5 Å². The first-order chi connectivity index (χ1) is 17.3. The molecule has 0 aliphatic rings. The van der Waals surface area contributed by atoms with Crippen molar-refractivity contribution in [1.29, 1.82) is 0 Å². The van der Waals surface area contributed by atoms with E-state index in [1.54, 1.807) is 0 Å². The van der Waals surface area contributed by atoms with Crippen LogP contribution in [0.15, 0.2) is 48.5 Å². The van der Waals surface area contributed by atoms with Crippen molar-refractivity contribution in [3.8, 4) is 0 Å². The van der Waals surface area contributed by atoms with Gasteiger partial charge >= 0.3 is 0 Å². The number of nitrogens with zero attached hydrogens (tertiary/aromatic N) is 1. The molecule has 2 rings (SSSR count). The molecule has 0 heterocycles. The summed E-state index contributed by atoms with van der Waals surface area (Å²) in [6.45, 7) is 5.34. The topological polar surface area (TPSA) is 145 Å². The summed E-state index contributed by atoms with van der Waals surface area (Å²) in [5.41, 5.74) is 21.5. The molecule has 0 unspecified atom stereocenters. The zero-order valence-electron chi connectivity index (χ0n) is 21.5. The monoisotopic (exact) mass is 495 g/mol. The molecule has 0 spiro atoms. The van der Waals surface area contributed by atoms with Gasteiger partial charge in [-0.3, -0.25) is 14.4 Å². The Balaban J connectivity index is 2.14. The van der Waals surface area contributed by atoms with Crippen molar-refractivity contribution in [1.82, 2.24) is 10.2 Å². The Kier molecular flexibility index (Phi) is 12.3. The molecule has 0 radical (unpaired) electrons. The molecular weight excluding hydrogens is 454 g/mol. The molecule has 2 atom stereocenters. The van der Waals surface area contributed by atoms with Gasteiger partial charge in [-0.05, 0) is 48.4 Å². The third-order valence-corrected chi connectivity index (χ3v) is 6.39. The molecule has 0 saturated carbocycles. The number of nitrogens with one attached hydrogen (secondary N) is 1. The lowest BCUT2D eigenvalue weighted by Gasteiger charge is -2.24. The molecule has 2 amide bonds. The zero-order chi connectivity index (χ0) is 26.5. The molecule has 0 aliphatic heterocycles. The number of benzene rings is 2. The van der Waals surface area contributed by atoms with Crippen LogP contribution < -0.4 is 22.5 Å². The Morgan fingerprint density at radius 1 is 0.972 bits per heavy atom. The van der Waals surface area contributed by atoms with Gasteiger partial charge < -0.3 is 27.4 Å². The highest BCUT2D eigenvalue weighted by molar-refractivity contribution is 5.94. The summed E-state index contributed by atoms with van der Waals surface area (Å²) >= 11 is 0. The third kappa shape index (κ3) is 8.86. The fourth-order valence-corrected chi connectivity index (χ4v) is 4.28. The minimum atomic E-state index is -1.08. The van der Waals surface area contributed by atoms with E-state index in [9.17, 15) is 14.4 Å². The number of ketones is 1. The number of hydrogen-bond donors (Lipinski definition) is 4. The summed E-state index contributed by atoms with van der Waals surface area (Å²) in [4.78, 5) is 40.5. The van der Waals surface area contributed by atoms with Crippen molar-refractivity contribution in [2.24, 2.45) is 17.2 Å². The highest BCUT2D eigenvalue weighted by Crippen LogP contribution is 2.18. The van der Waals surface area contributed by atoms with Crippen molar-refractivity contribution in [3.05, 3.63) is 70.8 Å². The van der Waals surface area contributed by atoms with Gasteiger partial charge in [-0.15, -0.1) is 0 Å². The third-order valence-electron chi connectivity index (χ3n) is 6.39. The van der Waals surface area contributed by atoms with Crippen LogP contribution in [0.1, 0.15) is 42.0 Å². The maximum absolute atomic E-state index is 13.5. The molecule has 0 bridgehead atoms. The number of hydrogen-bond acceptors (Lipinski definition) is 6. The minimum absolute atomic E-state index is 0.0744. The molecule has 7 N–H and O–H groups in total. The van der Waals surface area contributed by atoms with E-state index in [0.717, 1.165) is 28.7 Å². The minimum Gasteiger partial charge on any atom is -0.345 e. The predicted molar refractivity (Wildman–Crippen MR) is 143 cm³/mol. The molecule has 0 aromatic heterocycles. The van der Waals surface area contributed by atoms with Crippen molar-refractivity contribution in [2.45, 2.75) is 58.0 Å². The van der Waals surface area contributed by atoms with Crippen LogP contribution in [0.3, 0.4) is 0 Å². The molecular formula is C28H41N5O3. The molecule has 8 heteroatoms. The van der Waals surface area contributed by atoms with Crippen LogP contribution >= 0.6 is 0 Å². The average Bonchev–Trinajstić information content (AvgIpc) is 2.87. The first-order valence-corrected chi connectivity index (χ1v) is 12.7. The van der Waals surface area contributed by atoms with E-state index in [1.807, 2.05) is 55.5 Å². The lowest BCUT2D eigenvalue weighted by Crippen LogP contribution is -2.51. The van der Waals surface area contributed by atoms with Gasteiger partial charge in [-0.25, -0.2) is 0 Å². The van der Waals surface area contributed by atoms with E-state index in [1.165, 1.54) is 4.90 Å². The van der Waals surface area contributed by atoms with E-state index in [2.05, 4.69) is 12.2 Å². The van der Waals surface area contributed by atoms with E-state index in [-0.39, 0.29) is 24.5 Å². The van der Waals surface area contributed by atoms with Gasteiger partial charge in [0, 0.05) is 32.6 Å². The summed E-state index contributed by atoms with van der Waals surface area (Å²) in [5, 5.41) is 2.84. The summed E-state index contributed by atoms with van der Waals surface area (Å²) in [6.07, 6.45) is 1.93. The van der Waals surface area contributed by atoms with Crippen LogP contribution in [-0.4, -0.2) is 60.8 Å². The maximum atomic E-state index is 13.5. The standard InChI is InChI=1S/C28H41N5O3/c1-3-22-11-7-8-20(2)23(22)18-26(34)25(13-12-21-9-5-4-6-10-21)32-28(36)24(31)19-27(35)33(16-14-29)17-15-30/h4-11,24-25H,3,12-19,29-31H2,1-2H3,(H,32,36)/t24-,25-/m0/s1. The molecule has 0 fully saturated rings. The molecule has 36 heavy (non-hydrogen) atoms. The normalized spacial score (nSPS) is 12.6. The summed E-state index contributed by atoms with van der Waals surface area (Å²) in [5.74, 6) is -0.876. The van der Waals surface area contributed by atoms with E-state index in [0.29, 0.717) is 39.0 Å². The summed E-state index contributed by atoms with van der Waals surface area (Å²) < 4.78 is 0. The van der Waals surface area contributed by atoms with Crippen molar-refractivity contribution < 1.29 is 14.4 Å². The Morgan fingerprint density at radius 3 is 2.25 bits per heavy atom. The fourth-order valence-electron chi connectivity index (χ4n) is 4.28. The molecule has 196 valence electrons. The van der Waals surface area contributed by atoms with Gasteiger partial charge in [0.15, 0.2) is 5.78 Å². The van der Waals surface area contributed by atoms with E-state index in [4.69, 9.17) is 17.2 Å². The number of carbonyl (C=O) groups excluding carboxylic acids is 3. The largest absolute Gasteiger partial charge is 0.345 e. The smallest absolute Gasteiger partial charge is 0.238 e. The van der Waals surface area contributed by atoms with Crippen LogP contribution in [-0.2, 0) is 33.6 Å². The Morgan fingerprint density at radius 2 is 1.64 bits per heavy atom. The Labute approximate surface area is 214 Å².